The molecule has 0 bridgehead atoms. The minimum Gasteiger partial charge on any atom is -0.394 e. The molecule has 0 fully saturated rings. The Balaban J connectivity index is 0. The number of likely N-dealkylation sites (N-methyl/N-ethyl adjacent to an activating group) is 1. The maximum atomic E-state index is 10.8. The van der Waals surface area contributed by atoms with Crippen molar-refractivity contribution in [2.45, 2.75) is 31.3 Å². The van der Waals surface area contributed by atoms with Crippen LogP contribution in [0, 0.1) is 0 Å². The normalized spacial score (nSPS) is 17.6. The Morgan fingerprint density at radius 2 is 1.53 bits per heavy atom. The van der Waals surface area contributed by atoms with Gasteiger partial charge < -0.3 is 30.4 Å². The third-order valence-electron chi connectivity index (χ3n) is 2.32. The Hall–Kier alpha value is -0.146. The van der Waals surface area contributed by atoms with Gasteiger partial charge in [-0.15, -0.1) is 0 Å². The van der Waals surface area contributed by atoms with Gasteiger partial charge >= 0.3 is 0 Å². The molecule has 0 aromatic heterocycles. The van der Waals surface area contributed by atoms with Gasteiger partial charge in [-0.25, -0.2) is 0 Å². The van der Waals surface area contributed by atoms with Gasteiger partial charge in [0, 0.05) is 39.1 Å². The Kier molecular flexibility index (Phi) is 10.0. The van der Waals surface area contributed by atoms with Crippen molar-refractivity contribution in [3.05, 3.63) is 0 Å². The van der Waals surface area contributed by atoms with E-state index in [-0.39, 0.29) is 31.0 Å². The van der Waals surface area contributed by atoms with Crippen LogP contribution in [-0.2, 0) is 23.4 Å². The average molecular weight is 288 g/mol. The first-order chi connectivity index (χ1) is 7.31. The van der Waals surface area contributed by atoms with Crippen LogP contribution in [0.4, 0.5) is 0 Å². The van der Waals surface area contributed by atoms with Gasteiger partial charge in [0.1, 0.15) is 24.4 Å². The molecule has 0 aliphatic carbocycles. The molecule has 0 heterocycles. The van der Waals surface area contributed by atoms with Crippen LogP contribution in [0.2, 0.25) is 0 Å². The zero-order valence-electron chi connectivity index (χ0n) is 9.76. The number of hydrogen-bond acceptors (Lipinski definition) is 6. The van der Waals surface area contributed by atoms with Gasteiger partial charge in [0.15, 0.2) is 0 Å². The number of carbonyl (C=O) groups is 1. The number of nitrogens with zero attached hydrogens (tertiary/aromatic N) is 1. The second kappa shape index (κ2) is 8.87. The fourth-order valence-electron chi connectivity index (χ4n) is 1.08. The van der Waals surface area contributed by atoms with Gasteiger partial charge in [0.05, 0.1) is 6.61 Å². The molecule has 4 atom stereocenters. The van der Waals surface area contributed by atoms with Gasteiger partial charge in [-0.3, -0.25) is 4.79 Å². The molecule has 0 aliphatic heterocycles. The van der Waals surface area contributed by atoms with Gasteiger partial charge in [0.25, 0.3) is 0 Å². The summed E-state index contributed by atoms with van der Waals surface area (Å²) < 4.78 is 0. The molecule has 0 rings (SSSR count). The first-order valence-corrected chi connectivity index (χ1v) is 4.86. The Bertz CT molecular complexity index is 230. The molecule has 0 aromatic carbocycles. The van der Waals surface area contributed by atoms with Crippen molar-refractivity contribution in [2.24, 2.45) is 0 Å². The van der Waals surface area contributed by atoms with Crippen molar-refractivity contribution in [1.29, 1.82) is 0 Å². The molecule has 0 spiro atoms. The summed E-state index contributed by atoms with van der Waals surface area (Å²) in [5, 5.41) is 45.7. The van der Waals surface area contributed by atoms with E-state index in [9.17, 15) is 20.1 Å². The molecule has 7 nitrogen and oxygen atoms in total. The van der Waals surface area contributed by atoms with E-state index >= 15 is 0 Å². The van der Waals surface area contributed by atoms with Crippen LogP contribution in [0.1, 0.15) is 6.92 Å². The molecule has 8 heteroatoms. The zero-order valence-corrected chi connectivity index (χ0v) is 11.2. The summed E-state index contributed by atoms with van der Waals surface area (Å²) in [4.78, 5) is 12.0. The van der Waals surface area contributed by atoms with E-state index in [1.54, 1.807) is 0 Å². The van der Waals surface area contributed by atoms with Gasteiger partial charge in [0.2, 0.25) is 5.91 Å². The van der Waals surface area contributed by atoms with E-state index in [0.717, 1.165) is 4.90 Å². The molecular formula is C9H19NO6V. The molecule has 0 aliphatic rings. The Morgan fingerprint density at radius 3 is 1.88 bits per heavy atom. The number of aliphatic hydroxyl groups excluding tert-OH is 5. The fraction of sp³-hybridized carbons (Fsp3) is 0.889. The molecule has 1 amide bonds. The number of aliphatic hydroxyl groups is 5. The molecule has 0 saturated carbocycles. The molecule has 0 aromatic rings. The van der Waals surface area contributed by atoms with Crippen molar-refractivity contribution in [3.63, 3.8) is 0 Å². The van der Waals surface area contributed by atoms with Crippen molar-refractivity contribution >= 4 is 5.91 Å². The SMILES string of the molecule is CC(=O)N(C)CC(O)C(O)C(O)C(O)CO.[V]. The van der Waals surface area contributed by atoms with Crippen LogP contribution in [0.15, 0.2) is 0 Å². The number of carbonyl (C=O) groups excluding carboxylic acids is 1. The summed E-state index contributed by atoms with van der Waals surface area (Å²) in [7, 11) is 1.42. The van der Waals surface area contributed by atoms with E-state index < -0.39 is 31.0 Å². The van der Waals surface area contributed by atoms with Crippen LogP contribution >= 0.6 is 0 Å². The second-order valence-electron chi connectivity index (χ2n) is 3.70. The van der Waals surface area contributed by atoms with Crippen LogP contribution in [0.25, 0.3) is 0 Å². The maximum absolute atomic E-state index is 10.8. The van der Waals surface area contributed by atoms with E-state index in [1.807, 2.05) is 0 Å². The Labute approximate surface area is 112 Å². The van der Waals surface area contributed by atoms with Crippen LogP contribution in [0.3, 0.4) is 0 Å². The van der Waals surface area contributed by atoms with Crippen molar-refractivity contribution in [1.82, 2.24) is 4.90 Å². The third-order valence-corrected chi connectivity index (χ3v) is 2.32. The van der Waals surface area contributed by atoms with Gasteiger partial charge in [-0.05, 0) is 0 Å². The first kappa shape index (κ1) is 19.2. The van der Waals surface area contributed by atoms with Crippen LogP contribution in [0.5, 0.6) is 0 Å². The summed E-state index contributed by atoms with van der Waals surface area (Å²) in [5.74, 6) is -0.302. The van der Waals surface area contributed by atoms with E-state index in [0.29, 0.717) is 0 Å². The van der Waals surface area contributed by atoms with Crippen LogP contribution < -0.4 is 0 Å². The van der Waals surface area contributed by atoms with Crippen LogP contribution in [-0.4, -0.2) is 81.0 Å². The second-order valence-corrected chi connectivity index (χ2v) is 3.70. The predicted octanol–water partition coefficient (Wildman–Crippen LogP) is -3.10. The van der Waals surface area contributed by atoms with E-state index in [1.165, 1.54) is 14.0 Å². The number of amides is 1. The number of rotatable bonds is 6. The zero-order chi connectivity index (χ0) is 12.9. The van der Waals surface area contributed by atoms with Crippen molar-refractivity contribution < 1.29 is 48.9 Å². The minimum absolute atomic E-state index is 0. The third kappa shape index (κ3) is 6.37. The smallest absolute Gasteiger partial charge is 0.219 e. The summed E-state index contributed by atoms with van der Waals surface area (Å²) in [6, 6.07) is 0. The quantitative estimate of drug-likeness (QED) is 0.353. The summed E-state index contributed by atoms with van der Waals surface area (Å²) in [6.07, 6.45) is -6.23. The topological polar surface area (TPSA) is 121 Å². The van der Waals surface area contributed by atoms with Gasteiger partial charge in [-0.1, -0.05) is 0 Å². The standard InChI is InChI=1S/C9H19NO6.V/c1-5(12)10(2)3-6(13)8(15)9(16)7(14)4-11;/h6-9,11,13-16H,3-4H2,1-2H3;. The van der Waals surface area contributed by atoms with Gasteiger partial charge in [-0.2, -0.15) is 0 Å². The maximum Gasteiger partial charge on any atom is 0.219 e. The Morgan fingerprint density at radius 1 is 1.12 bits per heavy atom. The molecule has 17 heavy (non-hydrogen) atoms. The predicted molar refractivity (Wildman–Crippen MR) is 54.4 cm³/mol. The van der Waals surface area contributed by atoms with E-state index in [2.05, 4.69) is 0 Å². The number of hydrogen-bond donors (Lipinski definition) is 5. The van der Waals surface area contributed by atoms with Crippen molar-refractivity contribution in [3.8, 4) is 0 Å². The summed E-state index contributed by atoms with van der Waals surface area (Å²) >= 11 is 0. The van der Waals surface area contributed by atoms with Crippen molar-refractivity contribution in [2.75, 3.05) is 20.2 Å². The molecule has 4 unspecified atom stereocenters. The summed E-state index contributed by atoms with van der Waals surface area (Å²) in [6.45, 7) is 0.386. The minimum atomic E-state index is -1.67. The molecule has 101 valence electrons. The average Bonchev–Trinajstić information content (AvgIpc) is 2.25. The molecule has 1 radical (unpaired) electrons. The first-order valence-electron chi connectivity index (χ1n) is 4.86. The monoisotopic (exact) mass is 288 g/mol. The largest absolute Gasteiger partial charge is 0.394 e. The molecule has 0 saturated heterocycles. The molecule has 5 N–H and O–H groups in total. The molecular weight excluding hydrogens is 269 g/mol. The fourth-order valence-corrected chi connectivity index (χ4v) is 1.08. The summed E-state index contributed by atoms with van der Waals surface area (Å²) in [5.41, 5.74) is 0. The van der Waals surface area contributed by atoms with E-state index in [4.69, 9.17) is 10.2 Å².